The van der Waals surface area contributed by atoms with Crippen molar-refractivity contribution in [1.29, 1.82) is 0 Å². The van der Waals surface area contributed by atoms with Crippen LogP contribution in [-0.4, -0.2) is 42.7 Å². The second-order valence-electron chi connectivity index (χ2n) is 7.51. The number of non-ortho nitro benzene ring substituents is 1. The number of benzene rings is 2. The third-order valence-corrected chi connectivity index (χ3v) is 5.96. The predicted molar refractivity (Wildman–Crippen MR) is 123 cm³/mol. The van der Waals surface area contributed by atoms with E-state index in [1.54, 1.807) is 49.1 Å². The number of nitrogens with zero attached hydrogens (tertiary/aromatic N) is 4. The summed E-state index contributed by atoms with van der Waals surface area (Å²) in [7, 11) is 0. The van der Waals surface area contributed by atoms with Gasteiger partial charge in [-0.05, 0) is 24.1 Å². The molecule has 33 heavy (non-hydrogen) atoms. The molecule has 0 bridgehead atoms. The first-order chi connectivity index (χ1) is 15.9. The number of aryl methyl sites for hydroxylation is 1. The van der Waals surface area contributed by atoms with Crippen molar-refractivity contribution in [2.45, 2.75) is 19.0 Å². The summed E-state index contributed by atoms with van der Waals surface area (Å²) in [4.78, 5) is 42.1. The van der Waals surface area contributed by atoms with Gasteiger partial charge in [0.2, 0.25) is 0 Å². The molecule has 1 atom stereocenters. The Morgan fingerprint density at radius 2 is 1.91 bits per heavy atom. The van der Waals surface area contributed by atoms with E-state index in [1.807, 2.05) is 4.57 Å². The number of aromatic nitrogens is 2. The van der Waals surface area contributed by atoms with Crippen LogP contribution in [0.4, 0.5) is 5.69 Å². The molecule has 0 unspecified atom stereocenters. The fraction of sp³-hybridized carbons (Fsp3) is 0.174. The first kappa shape index (κ1) is 22.4. The molecule has 2 aromatic carbocycles. The number of nitro benzene ring substituents is 1. The van der Waals surface area contributed by atoms with E-state index in [0.29, 0.717) is 24.1 Å². The van der Waals surface area contributed by atoms with E-state index in [-0.39, 0.29) is 23.6 Å². The number of nitro groups is 1. The summed E-state index contributed by atoms with van der Waals surface area (Å²) in [5, 5.41) is 22.4. The van der Waals surface area contributed by atoms with Crippen molar-refractivity contribution in [3.8, 4) is 0 Å². The van der Waals surface area contributed by atoms with Gasteiger partial charge in [-0.2, -0.15) is 0 Å². The van der Waals surface area contributed by atoms with Gasteiger partial charge >= 0.3 is 0 Å². The highest BCUT2D eigenvalue weighted by Gasteiger charge is 2.46. The molecule has 1 aliphatic rings. The van der Waals surface area contributed by atoms with Crippen molar-refractivity contribution in [3.63, 3.8) is 0 Å². The third kappa shape index (κ3) is 4.56. The Morgan fingerprint density at radius 3 is 2.58 bits per heavy atom. The molecule has 0 saturated carbocycles. The van der Waals surface area contributed by atoms with Gasteiger partial charge in [0.05, 0.1) is 22.9 Å². The Kier molecular flexibility index (Phi) is 6.36. The molecule has 4 rings (SSSR count). The summed E-state index contributed by atoms with van der Waals surface area (Å²) in [6.07, 6.45) is 5.61. The number of likely N-dealkylation sites (tertiary alicyclic amines) is 1. The van der Waals surface area contributed by atoms with Crippen molar-refractivity contribution < 1.29 is 19.6 Å². The van der Waals surface area contributed by atoms with Crippen molar-refractivity contribution in [1.82, 2.24) is 14.5 Å². The predicted octanol–water partition coefficient (Wildman–Crippen LogP) is 4.07. The molecule has 9 nitrogen and oxygen atoms in total. The zero-order valence-electron chi connectivity index (χ0n) is 17.3. The molecule has 0 aliphatic carbocycles. The van der Waals surface area contributed by atoms with Gasteiger partial charge in [-0.1, -0.05) is 40.2 Å². The molecular formula is C23H19BrN4O5. The number of hydrogen-bond acceptors (Lipinski definition) is 6. The number of ketones is 1. The van der Waals surface area contributed by atoms with Crippen molar-refractivity contribution in [2.24, 2.45) is 0 Å². The maximum absolute atomic E-state index is 13.0. The van der Waals surface area contributed by atoms with E-state index >= 15 is 0 Å². The standard InChI is InChI=1S/C23H19BrN4O5/c24-17-7-5-15(6-8-17)21(29)19-20(16-3-1-4-18(13-16)28(32)33)27(23(31)22(19)30)11-2-10-26-12-9-25-14-26/h1,3-9,12-14,20,29H,2,10-11H2/t20-/m1/s1. The molecule has 1 aliphatic heterocycles. The lowest BCUT2D eigenvalue weighted by molar-refractivity contribution is -0.384. The van der Waals surface area contributed by atoms with E-state index in [2.05, 4.69) is 20.9 Å². The number of hydrogen-bond donors (Lipinski definition) is 1. The summed E-state index contributed by atoms with van der Waals surface area (Å²) in [5.74, 6) is -1.90. The molecule has 1 saturated heterocycles. The average molecular weight is 511 g/mol. The smallest absolute Gasteiger partial charge is 0.295 e. The summed E-state index contributed by atoms with van der Waals surface area (Å²) >= 11 is 3.33. The molecular weight excluding hydrogens is 492 g/mol. The number of aliphatic hydroxyl groups is 1. The number of carbonyl (C=O) groups is 2. The largest absolute Gasteiger partial charge is 0.507 e. The Morgan fingerprint density at radius 1 is 1.15 bits per heavy atom. The fourth-order valence-electron chi connectivity index (χ4n) is 3.87. The molecule has 10 heteroatoms. The molecule has 168 valence electrons. The van der Waals surface area contributed by atoms with Crippen LogP contribution in [0, 0.1) is 10.1 Å². The lowest BCUT2D eigenvalue weighted by Gasteiger charge is -2.25. The number of carbonyl (C=O) groups excluding carboxylic acids is 2. The van der Waals surface area contributed by atoms with E-state index in [0.717, 1.165) is 4.47 Å². The van der Waals surface area contributed by atoms with Crippen molar-refractivity contribution in [3.05, 3.63) is 98.5 Å². The normalized spacial score (nSPS) is 17.5. The molecule has 0 radical (unpaired) electrons. The number of imidazole rings is 1. The topological polar surface area (TPSA) is 119 Å². The van der Waals surface area contributed by atoms with Gasteiger partial charge in [-0.25, -0.2) is 4.98 Å². The van der Waals surface area contributed by atoms with Gasteiger partial charge in [-0.3, -0.25) is 19.7 Å². The Labute approximate surface area is 197 Å². The number of halogens is 1. The van der Waals surface area contributed by atoms with Crippen LogP contribution in [0.25, 0.3) is 5.76 Å². The lowest BCUT2D eigenvalue weighted by Crippen LogP contribution is -2.31. The van der Waals surface area contributed by atoms with E-state index in [9.17, 15) is 24.8 Å². The summed E-state index contributed by atoms with van der Waals surface area (Å²) in [6, 6.07) is 11.5. The van der Waals surface area contributed by atoms with Gasteiger partial charge in [-0.15, -0.1) is 0 Å². The molecule has 1 aromatic heterocycles. The average Bonchev–Trinajstić information content (AvgIpc) is 3.41. The van der Waals surface area contributed by atoms with Crippen LogP contribution in [0.1, 0.15) is 23.6 Å². The van der Waals surface area contributed by atoms with Crippen molar-refractivity contribution in [2.75, 3.05) is 6.54 Å². The third-order valence-electron chi connectivity index (χ3n) is 5.43. The fourth-order valence-corrected chi connectivity index (χ4v) is 4.14. The number of amides is 1. The van der Waals surface area contributed by atoms with E-state index < -0.39 is 22.7 Å². The Bertz CT molecular complexity index is 1240. The Balaban J connectivity index is 1.76. The zero-order chi connectivity index (χ0) is 23.5. The van der Waals surface area contributed by atoms with Gasteiger partial charge < -0.3 is 14.6 Å². The highest BCUT2D eigenvalue weighted by Crippen LogP contribution is 2.40. The minimum absolute atomic E-state index is 0.0922. The van der Waals surface area contributed by atoms with E-state index in [4.69, 9.17) is 0 Å². The van der Waals surface area contributed by atoms with Crippen LogP contribution in [0.3, 0.4) is 0 Å². The van der Waals surface area contributed by atoms with Gasteiger partial charge in [0.1, 0.15) is 5.76 Å². The number of aliphatic hydroxyl groups excluding tert-OH is 1. The van der Waals surface area contributed by atoms with Crippen LogP contribution in [0.2, 0.25) is 0 Å². The summed E-state index contributed by atoms with van der Waals surface area (Å²) in [6.45, 7) is 0.782. The summed E-state index contributed by atoms with van der Waals surface area (Å²) < 4.78 is 2.63. The molecule has 1 fully saturated rings. The van der Waals surface area contributed by atoms with Crippen LogP contribution in [0.15, 0.2) is 77.3 Å². The van der Waals surface area contributed by atoms with Gasteiger partial charge in [0, 0.05) is 47.7 Å². The second kappa shape index (κ2) is 9.37. The van der Waals surface area contributed by atoms with Crippen molar-refractivity contribution >= 4 is 39.1 Å². The second-order valence-corrected chi connectivity index (χ2v) is 8.42. The first-order valence-corrected chi connectivity index (χ1v) is 10.9. The number of Topliss-reactive ketones (excluding diaryl/α,β-unsaturated/α-hetero) is 1. The molecule has 0 spiro atoms. The maximum Gasteiger partial charge on any atom is 0.295 e. The zero-order valence-corrected chi connectivity index (χ0v) is 18.9. The lowest BCUT2D eigenvalue weighted by atomic mass is 9.95. The first-order valence-electron chi connectivity index (χ1n) is 10.1. The van der Waals surface area contributed by atoms with Gasteiger partial charge in [0.25, 0.3) is 17.4 Å². The quantitative estimate of drug-likeness (QED) is 0.168. The Hall–Kier alpha value is -3.79. The van der Waals surface area contributed by atoms with Gasteiger partial charge in [0.15, 0.2) is 0 Å². The summed E-state index contributed by atoms with van der Waals surface area (Å²) in [5.41, 5.74) is 0.486. The molecule has 3 aromatic rings. The molecule has 1 amide bonds. The monoisotopic (exact) mass is 510 g/mol. The number of rotatable bonds is 7. The van der Waals surface area contributed by atoms with Crippen LogP contribution in [0.5, 0.6) is 0 Å². The van der Waals surface area contributed by atoms with Crippen LogP contribution in [-0.2, 0) is 16.1 Å². The highest BCUT2D eigenvalue weighted by atomic mass is 79.9. The molecule has 2 heterocycles. The molecule has 1 N–H and O–H groups in total. The highest BCUT2D eigenvalue weighted by molar-refractivity contribution is 9.10. The maximum atomic E-state index is 13.0. The SMILES string of the molecule is O=C1C(=O)N(CCCn2ccnc2)[C@H](c2cccc([N+](=O)[O-])c2)C1=C(O)c1ccc(Br)cc1. The van der Waals surface area contributed by atoms with E-state index in [1.165, 1.54) is 23.1 Å². The van der Waals surface area contributed by atoms with Crippen LogP contribution < -0.4 is 0 Å². The minimum Gasteiger partial charge on any atom is -0.507 e. The van der Waals surface area contributed by atoms with Crippen LogP contribution >= 0.6 is 15.9 Å². The minimum atomic E-state index is -0.948.